The lowest BCUT2D eigenvalue weighted by atomic mass is 9.99. The Hall–Kier alpha value is -1.14. The van der Waals surface area contributed by atoms with Crippen molar-refractivity contribution >= 4 is 11.8 Å². The van der Waals surface area contributed by atoms with Crippen molar-refractivity contribution < 1.29 is 14.3 Å². The number of rotatable bonds is 3. The largest absolute Gasteiger partial charge is 0.377 e. The summed E-state index contributed by atoms with van der Waals surface area (Å²) in [7, 11) is 0. The van der Waals surface area contributed by atoms with E-state index in [9.17, 15) is 9.59 Å². The summed E-state index contributed by atoms with van der Waals surface area (Å²) in [5.41, 5.74) is 0. The third-order valence-electron chi connectivity index (χ3n) is 4.48. The fraction of sp³-hybridized carbons (Fsp3) is 0.857. The first-order valence-corrected chi connectivity index (χ1v) is 7.59. The Labute approximate surface area is 119 Å². The van der Waals surface area contributed by atoms with Gasteiger partial charge in [-0.1, -0.05) is 0 Å². The number of amides is 2. The SMILES string of the molecule is CC1NCCC1C(=O)N1CCOCC1C(=O)NC1CC1. The highest BCUT2D eigenvalue weighted by molar-refractivity contribution is 5.89. The van der Waals surface area contributed by atoms with Crippen LogP contribution in [0.25, 0.3) is 0 Å². The Morgan fingerprint density at radius 1 is 1.30 bits per heavy atom. The highest BCUT2D eigenvalue weighted by atomic mass is 16.5. The van der Waals surface area contributed by atoms with Crippen LogP contribution in [0.5, 0.6) is 0 Å². The normalized spacial score (nSPS) is 34.0. The lowest BCUT2D eigenvalue weighted by molar-refractivity contribution is -0.151. The molecule has 3 unspecified atom stereocenters. The second-order valence-corrected chi connectivity index (χ2v) is 6.04. The van der Waals surface area contributed by atoms with Crippen LogP contribution >= 0.6 is 0 Å². The molecule has 2 amide bonds. The fourth-order valence-electron chi connectivity index (χ4n) is 3.02. The van der Waals surface area contributed by atoms with Gasteiger partial charge < -0.3 is 20.3 Å². The zero-order valence-electron chi connectivity index (χ0n) is 11.9. The van der Waals surface area contributed by atoms with Gasteiger partial charge in [0.25, 0.3) is 0 Å². The van der Waals surface area contributed by atoms with Crippen LogP contribution in [0.1, 0.15) is 26.2 Å². The van der Waals surface area contributed by atoms with Crippen molar-refractivity contribution in [2.75, 3.05) is 26.3 Å². The molecule has 20 heavy (non-hydrogen) atoms. The third-order valence-corrected chi connectivity index (χ3v) is 4.48. The number of nitrogens with one attached hydrogen (secondary N) is 2. The summed E-state index contributed by atoms with van der Waals surface area (Å²) >= 11 is 0. The molecular formula is C14H23N3O3. The van der Waals surface area contributed by atoms with Crippen molar-refractivity contribution in [1.29, 1.82) is 0 Å². The van der Waals surface area contributed by atoms with Gasteiger partial charge in [0.15, 0.2) is 0 Å². The molecule has 2 aliphatic heterocycles. The number of morpholine rings is 1. The van der Waals surface area contributed by atoms with Crippen molar-refractivity contribution in [3.63, 3.8) is 0 Å². The summed E-state index contributed by atoms with van der Waals surface area (Å²) in [5, 5.41) is 6.28. The molecule has 0 radical (unpaired) electrons. The number of carbonyl (C=O) groups excluding carboxylic acids is 2. The van der Waals surface area contributed by atoms with E-state index < -0.39 is 6.04 Å². The minimum atomic E-state index is -0.454. The van der Waals surface area contributed by atoms with Crippen LogP contribution < -0.4 is 10.6 Å². The van der Waals surface area contributed by atoms with E-state index in [-0.39, 0.29) is 23.8 Å². The molecule has 1 aliphatic carbocycles. The van der Waals surface area contributed by atoms with Crippen LogP contribution in [0.4, 0.5) is 0 Å². The maximum atomic E-state index is 12.7. The van der Waals surface area contributed by atoms with Crippen LogP contribution in [0.15, 0.2) is 0 Å². The average Bonchev–Trinajstić information content (AvgIpc) is 3.17. The van der Waals surface area contributed by atoms with Gasteiger partial charge in [0.05, 0.1) is 19.1 Å². The van der Waals surface area contributed by atoms with Gasteiger partial charge in [-0.15, -0.1) is 0 Å². The number of hydrogen-bond donors (Lipinski definition) is 2. The molecule has 0 aromatic rings. The number of hydrogen-bond acceptors (Lipinski definition) is 4. The lowest BCUT2D eigenvalue weighted by Gasteiger charge is -2.36. The van der Waals surface area contributed by atoms with Gasteiger partial charge in [-0.05, 0) is 32.7 Å². The highest BCUT2D eigenvalue weighted by Gasteiger charge is 2.40. The van der Waals surface area contributed by atoms with Crippen LogP contribution in [0.3, 0.4) is 0 Å². The van der Waals surface area contributed by atoms with E-state index in [1.807, 2.05) is 6.92 Å². The third kappa shape index (κ3) is 2.81. The molecule has 3 aliphatic rings. The van der Waals surface area contributed by atoms with Gasteiger partial charge in [0, 0.05) is 18.6 Å². The fourth-order valence-corrected chi connectivity index (χ4v) is 3.02. The summed E-state index contributed by atoms with van der Waals surface area (Å²) in [5.74, 6) is 0.0326. The van der Waals surface area contributed by atoms with Crippen molar-refractivity contribution in [2.24, 2.45) is 5.92 Å². The zero-order valence-corrected chi connectivity index (χ0v) is 11.9. The second-order valence-electron chi connectivity index (χ2n) is 6.04. The van der Waals surface area contributed by atoms with Gasteiger partial charge in [0.2, 0.25) is 11.8 Å². The van der Waals surface area contributed by atoms with E-state index in [2.05, 4.69) is 10.6 Å². The number of carbonyl (C=O) groups is 2. The Bertz CT molecular complexity index is 397. The molecule has 2 heterocycles. The summed E-state index contributed by atoms with van der Waals surface area (Å²) in [6, 6.07) is 0.0515. The van der Waals surface area contributed by atoms with Gasteiger partial charge in [0.1, 0.15) is 6.04 Å². The molecule has 0 bridgehead atoms. The number of nitrogens with zero attached hydrogens (tertiary/aromatic N) is 1. The van der Waals surface area contributed by atoms with E-state index >= 15 is 0 Å². The molecule has 0 aromatic heterocycles. The molecule has 2 N–H and O–H groups in total. The second kappa shape index (κ2) is 5.69. The summed E-state index contributed by atoms with van der Waals surface area (Å²) in [6.07, 6.45) is 2.96. The lowest BCUT2D eigenvalue weighted by Crippen LogP contribution is -2.58. The molecule has 2 saturated heterocycles. The maximum absolute atomic E-state index is 12.7. The highest BCUT2D eigenvalue weighted by Crippen LogP contribution is 2.23. The van der Waals surface area contributed by atoms with Crippen LogP contribution in [-0.2, 0) is 14.3 Å². The number of ether oxygens (including phenoxy) is 1. The van der Waals surface area contributed by atoms with Crippen molar-refractivity contribution in [2.45, 2.75) is 44.3 Å². The molecule has 6 nitrogen and oxygen atoms in total. The molecule has 112 valence electrons. The Balaban J connectivity index is 1.67. The smallest absolute Gasteiger partial charge is 0.245 e. The summed E-state index contributed by atoms with van der Waals surface area (Å²) in [6.45, 7) is 4.27. The van der Waals surface area contributed by atoms with Gasteiger partial charge >= 0.3 is 0 Å². The first-order chi connectivity index (χ1) is 9.66. The van der Waals surface area contributed by atoms with E-state index in [0.29, 0.717) is 25.8 Å². The van der Waals surface area contributed by atoms with Crippen LogP contribution in [-0.4, -0.2) is 61.1 Å². The molecule has 3 fully saturated rings. The van der Waals surface area contributed by atoms with E-state index in [0.717, 1.165) is 25.8 Å². The minimum Gasteiger partial charge on any atom is -0.377 e. The maximum Gasteiger partial charge on any atom is 0.245 e. The first-order valence-electron chi connectivity index (χ1n) is 7.59. The van der Waals surface area contributed by atoms with Gasteiger partial charge in [-0.3, -0.25) is 9.59 Å². The quantitative estimate of drug-likeness (QED) is 0.731. The zero-order chi connectivity index (χ0) is 14.1. The molecule has 6 heteroatoms. The standard InChI is InChI=1S/C14H23N3O3/c1-9-11(4-5-15-9)14(19)17-6-7-20-8-12(17)13(18)16-10-2-3-10/h9-12,15H,2-8H2,1H3,(H,16,18). The molecular weight excluding hydrogens is 258 g/mol. The Morgan fingerprint density at radius 2 is 2.10 bits per heavy atom. The molecule has 0 spiro atoms. The van der Waals surface area contributed by atoms with Crippen molar-refractivity contribution in [3.8, 4) is 0 Å². The molecule has 1 saturated carbocycles. The topological polar surface area (TPSA) is 70.7 Å². The van der Waals surface area contributed by atoms with Crippen LogP contribution in [0.2, 0.25) is 0 Å². The minimum absolute atomic E-state index is 0.00988. The summed E-state index contributed by atoms with van der Waals surface area (Å²) in [4.78, 5) is 26.7. The van der Waals surface area contributed by atoms with E-state index in [1.54, 1.807) is 4.90 Å². The average molecular weight is 281 g/mol. The predicted molar refractivity (Wildman–Crippen MR) is 73.1 cm³/mol. The molecule has 3 atom stereocenters. The summed E-state index contributed by atoms with van der Waals surface area (Å²) < 4.78 is 5.40. The Morgan fingerprint density at radius 3 is 2.75 bits per heavy atom. The predicted octanol–water partition coefficient (Wildman–Crippen LogP) is -0.510. The monoisotopic (exact) mass is 281 g/mol. The molecule has 0 aromatic carbocycles. The van der Waals surface area contributed by atoms with E-state index in [1.165, 1.54) is 0 Å². The van der Waals surface area contributed by atoms with Gasteiger partial charge in [-0.2, -0.15) is 0 Å². The first kappa shape index (κ1) is 13.8. The molecule has 3 rings (SSSR count). The van der Waals surface area contributed by atoms with Crippen molar-refractivity contribution in [3.05, 3.63) is 0 Å². The van der Waals surface area contributed by atoms with Crippen molar-refractivity contribution in [1.82, 2.24) is 15.5 Å². The Kier molecular flexibility index (Phi) is 3.94. The van der Waals surface area contributed by atoms with E-state index in [4.69, 9.17) is 4.74 Å². The van der Waals surface area contributed by atoms with Crippen LogP contribution in [0, 0.1) is 5.92 Å². The van der Waals surface area contributed by atoms with Gasteiger partial charge in [-0.25, -0.2) is 0 Å².